The van der Waals surface area contributed by atoms with Gasteiger partial charge in [-0.25, -0.2) is 4.98 Å². The third-order valence-corrected chi connectivity index (χ3v) is 4.30. The normalized spacial score (nSPS) is 12.3. The van der Waals surface area contributed by atoms with Gasteiger partial charge in [-0.2, -0.15) is 0 Å². The Hall–Kier alpha value is -2.34. The number of nitrogens with one attached hydrogen (secondary N) is 1. The highest BCUT2D eigenvalue weighted by atomic mass is 32.1. The molecule has 2 heterocycles. The summed E-state index contributed by atoms with van der Waals surface area (Å²) >= 11 is 1.56. The molecule has 1 N–H and O–H groups in total. The van der Waals surface area contributed by atoms with Crippen LogP contribution in [0.3, 0.4) is 0 Å². The number of hydrogen-bond acceptors (Lipinski definition) is 4. The molecule has 2 aromatic heterocycles. The number of nitrogens with zero attached hydrogens (tertiary/aromatic N) is 2. The molecule has 0 aliphatic heterocycles. The lowest BCUT2D eigenvalue weighted by atomic mass is 10.1. The van der Waals surface area contributed by atoms with E-state index in [1.807, 2.05) is 60.3 Å². The molecule has 0 saturated heterocycles. The van der Waals surface area contributed by atoms with Gasteiger partial charge in [-0.1, -0.05) is 12.1 Å². The first-order chi connectivity index (χ1) is 11.2. The smallest absolute Gasteiger partial charge is 0.226 e. The van der Waals surface area contributed by atoms with Gasteiger partial charge < -0.3 is 10.1 Å². The lowest BCUT2D eigenvalue weighted by Gasteiger charge is -2.15. The fourth-order valence-electron chi connectivity index (χ4n) is 2.44. The molecule has 23 heavy (non-hydrogen) atoms. The SMILES string of the molecule is CCOc1cccc(C(C)NC(=O)Cc2cn3ccsc3n2)c1. The van der Waals surface area contributed by atoms with E-state index in [0.29, 0.717) is 6.61 Å². The Morgan fingerprint density at radius 1 is 1.48 bits per heavy atom. The maximum Gasteiger partial charge on any atom is 0.226 e. The van der Waals surface area contributed by atoms with Crippen LogP contribution >= 0.6 is 11.3 Å². The first-order valence-electron chi connectivity index (χ1n) is 7.59. The largest absolute Gasteiger partial charge is 0.494 e. The molecule has 0 bridgehead atoms. The summed E-state index contributed by atoms with van der Waals surface area (Å²) in [6.07, 6.45) is 4.12. The molecular formula is C17H19N3O2S. The van der Waals surface area contributed by atoms with Crippen LogP contribution in [-0.2, 0) is 11.2 Å². The molecule has 6 heteroatoms. The van der Waals surface area contributed by atoms with Crippen molar-refractivity contribution in [2.75, 3.05) is 6.61 Å². The summed E-state index contributed by atoms with van der Waals surface area (Å²) in [5.41, 5.74) is 1.81. The Labute approximate surface area is 138 Å². The zero-order valence-corrected chi connectivity index (χ0v) is 14.0. The average molecular weight is 329 g/mol. The minimum Gasteiger partial charge on any atom is -0.494 e. The van der Waals surface area contributed by atoms with Crippen molar-refractivity contribution >= 4 is 22.2 Å². The summed E-state index contributed by atoms with van der Waals surface area (Å²) in [7, 11) is 0. The maximum atomic E-state index is 12.2. The van der Waals surface area contributed by atoms with Gasteiger partial charge >= 0.3 is 0 Å². The number of fused-ring (bicyclic) bond motifs is 1. The summed E-state index contributed by atoms with van der Waals surface area (Å²) in [5, 5.41) is 4.98. The molecule has 120 valence electrons. The van der Waals surface area contributed by atoms with E-state index >= 15 is 0 Å². The number of hydrogen-bond donors (Lipinski definition) is 1. The lowest BCUT2D eigenvalue weighted by molar-refractivity contribution is -0.121. The Bertz CT molecular complexity index is 780. The van der Waals surface area contributed by atoms with Gasteiger partial charge in [0.2, 0.25) is 5.91 Å². The molecule has 5 nitrogen and oxygen atoms in total. The summed E-state index contributed by atoms with van der Waals surface area (Å²) in [6, 6.07) is 7.72. The predicted octanol–water partition coefficient (Wildman–Crippen LogP) is 3.21. The van der Waals surface area contributed by atoms with Crippen LogP contribution in [0.15, 0.2) is 42.0 Å². The van der Waals surface area contributed by atoms with E-state index < -0.39 is 0 Å². The molecule has 0 radical (unpaired) electrons. The van der Waals surface area contributed by atoms with Crippen LogP contribution < -0.4 is 10.1 Å². The molecule has 1 aromatic carbocycles. The molecule has 0 aliphatic rings. The highest BCUT2D eigenvalue weighted by Crippen LogP contribution is 2.19. The third-order valence-electron chi connectivity index (χ3n) is 3.53. The van der Waals surface area contributed by atoms with Gasteiger partial charge in [0.05, 0.1) is 24.8 Å². The maximum absolute atomic E-state index is 12.2. The Kier molecular flexibility index (Phi) is 4.62. The van der Waals surface area contributed by atoms with Crippen molar-refractivity contribution in [1.29, 1.82) is 0 Å². The fourth-order valence-corrected chi connectivity index (χ4v) is 3.16. The first-order valence-corrected chi connectivity index (χ1v) is 8.47. The van der Waals surface area contributed by atoms with Crippen LogP contribution in [0.4, 0.5) is 0 Å². The number of thiazole rings is 1. The lowest BCUT2D eigenvalue weighted by Crippen LogP contribution is -2.28. The number of rotatable bonds is 6. The number of carbonyl (C=O) groups is 1. The van der Waals surface area contributed by atoms with Gasteiger partial charge in [0.25, 0.3) is 0 Å². The monoisotopic (exact) mass is 329 g/mol. The number of imidazole rings is 1. The van der Waals surface area contributed by atoms with Crippen molar-refractivity contribution in [1.82, 2.24) is 14.7 Å². The highest BCUT2D eigenvalue weighted by Gasteiger charge is 2.13. The van der Waals surface area contributed by atoms with E-state index in [1.165, 1.54) is 0 Å². The van der Waals surface area contributed by atoms with E-state index in [0.717, 1.165) is 22.0 Å². The second-order valence-corrected chi connectivity index (χ2v) is 6.17. The molecule has 0 saturated carbocycles. The van der Waals surface area contributed by atoms with Crippen molar-refractivity contribution in [3.05, 3.63) is 53.3 Å². The van der Waals surface area contributed by atoms with Gasteiger partial charge in [-0.3, -0.25) is 9.20 Å². The second-order valence-electron chi connectivity index (χ2n) is 5.30. The van der Waals surface area contributed by atoms with Gasteiger partial charge in [-0.15, -0.1) is 11.3 Å². The number of carbonyl (C=O) groups excluding carboxylic acids is 1. The van der Waals surface area contributed by atoms with Gasteiger partial charge in [0.15, 0.2) is 4.96 Å². The van der Waals surface area contributed by atoms with Crippen molar-refractivity contribution < 1.29 is 9.53 Å². The van der Waals surface area contributed by atoms with E-state index in [1.54, 1.807) is 11.3 Å². The van der Waals surface area contributed by atoms with E-state index in [4.69, 9.17) is 4.74 Å². The standard InChI is InChI=1S/C17H19N3O2S/c1-3-22-15-6-4-5-13(9-15)12(2)18-16(21)10-14-11-20-7-8-23-17(20)19-14/h4-9,11-12H,3,10H2,1-2H3,(H,18,21). The van der Waals surface area contributed by atoms with Gasteiger partial charge in [0.1, 0.15) is 5.75 Å². The zero-order valence-electron chi connectivity index (χ0n) is 13.2. The third kappa shape index (κ3) is 3.71. The number of amides is 1. The van der Waals surface area contributed by atoms with Crippen LogP contribution in [-0.4, -0.2) is 21.9 Å². The second kappa shape index (κ2) is 6.83. The topological polar surface area (TPSA) is 55.6 Å². The van der Waals surface area contributed by atoms with E-state index in [2.05, 4.69) is 10.3 Å². The fraction of sp³-hybridized carbons (Fsp3) is 0.294. The number of ether oxygens (including phenoxy) is 1. The number of aromatic nitrogens is 2. The molecule has 3 aromatic rings. The Morgan fingerprint density at radius 2 is 2.35 bits per heavy atom. The molecule has 3 rings (SSSR count). The molecule has 0 fully saturated rings. The van der Waals surface area contributed by atoms with E-state index in [9.17, 15) is 4.79 Å². The zero-order chi connectivity index (χ0) is 16.2. The van der Waals surface area contributed by atoms with Crippen LogP contribution in [0.2, 0.25) is 0 Å². The summed E-state index contributed by atoms with van der Waals surface area (Å²) in [5.74, 6) is 0.783. The van der Waals surface area contributed by atoms with Gasteiger partial charge in [0, 0.05) is 17.8 Å². The van der Waals surface area contributed by atoms with Crippen molar-refractivity contribution in [2.24, 2.45) is 0 Å². The average Bonchev–Trinajstić information content (AvgIpc) is 3.09. The molecule has 1 unspecified atom stereocenters. The summed E-state index contributed by atoms with van der Waals surface area (Å²) in [4.78, 5) is 17.6. The van der Waals surface area contributed by atoms with E-state index in [-0.39, 0.29) is 18.4 Å². The molecule has 0 spiro atoms. The number of benzene rings is 1. The predicted molar refractivity (Wildman–Crippen MR) is 90.9 cm³/mol. The molecule has 1 atom stereocenters. The minimum absolute atomic E-state index is 0.0370. The summed E-state index contributed by atoms with van der Waals surface area (Å²) < 4.78 is 7.43. The summed E-state index contributed by atoms with van der Waals surface area (Å²) in [6.45, 7) is 4.55. The van der Waals surface area contributed by atoms with Crippen molar-refractivity contribution in [3.63, 3.8) is 0 Å². The van der Waals surface area contributed by atoms with Gasteiger partial charge in [-0.05, 0) is 31.5 Å². The molecular weight excluding hydrogens is 310 g/mol. The van der Waals surface area contributed by atoms with Crippen molar-refractivity contribution in [3.8, 4) is 5.75 Å². The Balaban J connectivity index is 1.62. The minimum atomic E-state index is -0.0772. The van der Waals surface area contributed by atoms with Crippen LogP contribution in [0.25, 0.3) is 4.96 Å². The molecule has 1 amide bonds. The molecule has 0 aliphatic carbocycles. The van der Waals surface area contributed by atoms with Crippen molar-refractivity contribution in [2.45, 2.75) is 26.3 Å². The van der Waals surface area contributed by atoms with Crippen LogP contribution in [0, 0.1) is 0 Å². The van der Waals surface area contributed by atoms with Crippen LogP contribution in [0.5, 0.6) is 5.75 Å². The highest BCUT2D eigenvalue weighted by molar-refractivity contribution is 7.15. The quantitative estimate of drug-likeness (QED) is 0.755. The Morgan fingerprint density at radius 3 is 3.13 bits per heavy atom. The first kappa shape index (κ1) is 15.6. The van der Waals surface area contributed by atoms with Crippen LogP contribution in [0.1, 0.15) is 31.1 Å².